The van der Waals surface area contributed by atoms with E-state index < -0.39 is 0 Å². The molecule has 1 saturated heterocycles. The van der Waals surface area contributed by atoms with E-state index in [4.69, 9.17) is 9.47 Å². The second-order valence-corrected chi connectivity index (χ2v) is 6.55. The summed E-state index contributed by atoms with van der Waals surface area (Å²) in [6.07, 6.45) is 0.999. The minimum atomic E-state index is -0.0755. The number of ether oxygens (including phenoxy) is 2. The summed E-state index contributed by atoms with van der Waals surface area (Å²) in [5, 5.41) is 3.01. The highest BCUT2D eigenvalue weighted by molar-refractivity contribution is 5.77. The van der Waals surface area contributed by atoms with Gasteiger partial charge in [0.05, 0.1) is 13.2 Å². The maximum atomic E-state index is 12.1. The Bertz CT molecular complexity index is 496. The molecule has 0 saturated carbocycles. The van der Waals surface area contributed by atoms with E-state index in [0.717, 1.165) is 38.5 Å². The maximum Gasteiger partial charge on any atom is 0.257 e. The quantitative estimate of drug-likeness (QED) is 0.791. The van der Waals surface area contributed by atoms with Crippen LogP contribution in [-0.4, -0.2) is 56.3 Å². The van der Waals surface area contributed by atoms with Crippen molar-refractivity contribution in [3.8, 4) is 5.75 Å². The number of morpholine rings is 1. The van der Waals surface area contributed by atoms with Gasteiger partial charge in [-0.3, -0.25) is 9.69 Å². The van der Waals surface area contributed by atoms with Gasteiger partial charge in [0.15, 0.2) is 6.61 Å². The molecule has 1 aliphatic rings. The molecule has 1 aromatic carbocycles. The fourth-order valence-corrected chi connectivity index (χ4v) is 2.94. The van der Waals surface area contributed by atoms with Crippen LogP contribution in [0, 0.1) is 5.92 Å². The molecule has 1 heterocycles. The largest absolute Gasteiger partial charge is 0.484 e. The lowest BCUT2D eigenvalue weighted by molar-refractivity contribution is -0.123. The summed E-state index contributed by atoms with van der Waals surface area (Å²) in [5.41, 5.74) is 1.26. The molecular weight excluding hydrogens is 304 g/mol. The van der Waals surface area contributed by atoms with E-state index >= 15 is 0 Å². The Kier molecular flexibility index (Phi) is 7.53. The highest BCUT2D eigenvalue weighted by atomic mass is 16.5. The number of benzene rings is 1. The minimum Gasteiger partial charge on any atom is -0.484 e. The molecule has 0 spiro atoms. The molecule has 1 N–H and O–H groups in total. The molecule has 1 unspecified atom stereocenters. The Morgan fingerprint density at radius 2 is 1.92 bits per heavy atom. The predicted molar refractivity (Wildman–Crippen MR) is 95.3 cm³/mol. The fraction of sp³-hybridized carbons (Fsp3) is 0.632. The van der Waals surface area contributed by atoms with Crippen LogP contribution in [0.5, 0.6) is 5.75 Å². The number of hydrogen-bond acceptors (Lipinski definition) is 4. The molecule has 0 aromatic heterocycles. The van der Waals surface area contributed by atoms with Crippen LogP contribution in [0.2, 0.25) is 0 Å². The number of hydrogen-bond donors (Lipinski definition) is 1. The third-order valence-corrected chi connectivity index (χ3v) is 4.49. The van der Waals surface area contributed by atoms with Gasteiger partial charge in [0.2, 0.25) is 0 Å². The van der Waals surface area contributed by atoms with E-state index in [1.54, 1.807) is 0 Å². The van der Waals surface area contributed by atoms with Crippen LogP contribution >= 0.6 is 0 Å². The van der Waals surface area contributed by atoms with Crippen LogP contribution in [0.25, 0.3) is 0 Å². The zero-order valence-electron chi connectivity index (χ0n) is 15.1. The molecule has 1 aromatic rings. The van der Waals surface area contributed by atoms with Gasteiger partial charge >= 0.3 is 0 Å². The van der Waals surface area contributed by atoms with E-state index in [0.29, 0.717) is 18.5 Å². The summed E-state index contributed by atoms with van der Waals surface area (Å²) in [4.78, 5) is 14.5. The van der Waals surface area contributed by atoms with Crippen molar-refractivity contribution < 1.29 is 14.3 Å². The van der Waals surface area contributed by atoms with Crippen molar-refractivity contribution in [1.82, 2.24) is 10.2 Å². The summed E-state index contributed by atoms with van der Waals surface area (Å²) in [5.74, 6) is 1.13. The zero-order chi connectivity index (χ0) is 17.4. The summed E-state index contributed by atoms with van der Waals surface area (Å²) < 4.78 is 11.0. The van der Waals surface area contributed by atoms with E-state index in [1.807, 2.05) is 24.3 Å². The van der Waals surface area contributed by atoms with Crippen LogP contribution in [0.3, 0.4) is 0 Å². The number of nitrogens with zero attached hydrogens (tertiary/aromatic N) is 1. The van der Waals surface area contributed by atoms with E-state index in [2.05, 4.69) is 31.0 Å². The molecule has 1 amide bonds. The first-order valence-corrected chi connectivity index (χ1v) is 8.90. The van der Waals surface area contributed by atoms with E-state index in [9.17, 15) is 4.79 Å². The Hall–Kier alpha value is -1.59. The van der Waals surface area contributed by atoms with Gasteiger partial charge in [-0.05, 0) is 30.0 Å². The number of carbonyl (C=O) groups excluding carboxylic acids is 1. The molecule has 0 aliphatic carbocycles. The van der Waals surface area contributed by atoms with Crippen molar-refractivity contribution >= 4 is 5.91 Å². The summed E-state index contributed by atoms with van der Waals surface area (Å²) >= 11 is 0. The second-order valence-electron chi connectivity index (χ2n) is 6.55. The standard InChI is InChI=1S/C19H30N2O3/c1-4-16-5-7-17(8-6-16)24-14-19(22)20-13-18(15(2)3)21-9-11-23-12-10-21/h5-8,15,18H,4,9-14H2,1-3H3,(H,20,22). The van der Waals surface area contributed by atoms with Crippen molar-refractivity contribution in [2.75, 3.05) is 39.5 Å². The van der Waals surface area contributed by atoms with Crippen molar-refractivity contribution in [1.29, 1.82) is 0 Å². The van der Waals surface area contributed by atoms with Gasteiger partial charge in [-0.25, -0.2) is 0 Å². The van der Waals surface area contributed by atoms with E-state index in [1.165, 1.54) is 5.56 Å². The highest BCUT2D eigenvalue weighted by Crippen LogP contribution is 2.13. The maximum absolute atomic E-state index is 12.1. The topological polar surface area (TPSA) is 50.8 Å². The number of carbonyl (C=O) groups is 1. The molecule has 24 heavy (non-hydrogen) atoms. The molecule has 0 bridgehead atoms. The number of nitrogens with one attached hydrogen (secondary N) is 1. The lowest BCUT2D eigenvalue weighted by Gasteiger charge is -2.36. The highest BCUT2D eigenvalue weighted by Gasteiger charge is 2.24. The van der Waals surface area contributed by atoms with Crippen LogP contribution in [-0.2, 0) is 16.0 Å². The number of amides is 1. The van der Waals surface area contributed by atoms with Gasteiger partial charge in [-0.1, -0.05) is 32.9 Å². The Morgan fingerprint density at radius 3 is 2.50 bits per heavy atom. The second kappa shape index (κ2) is 9.64. The van der Waals surface area contributed by atoms with Crippen molar-refractivity contribution in [3.63, 3.8) is 0 Å². The summed E-state index contributed by atoms with van der Waals surface area (Å²) in [6, 6.07) is 8.22. The molecule has 1 fully saturated rings. The predicted octanol–water partition coefficient (Wildman–Crippen LogP) is 2.10. The monoisotopic (exact) mass is 334 g/mol. The summed E-state index contributed by atoms with van der Waals surface area (Å²) in [6.45, 7) is 10.6. The Labute approximate surface area is 145 Å². The van der Waals surface area contributed by atoms with Gasteiger partial charge in [0, 0.05) is 25.7 Å². The molecular formula is C19H30N2O3. The molecule has 134 valence electrons. The third-order valence-electron chi connectivity index (χ3n) is 4.49. The first-order chi connectivity index (χ1) is 11.6. The third kappa shape index (κ3) is 5.80. The van der Waals surface area contributed by atoms with Crippen molar-refractivity contribution in [3.05, 3.63) is 29.8 Å². The molecule has 5 nitrogen and oxygen atoms in total. The molecule has 5 heteroatoms. The zero-order valence-corrected chi connectivity index (χ0v) is 15.1. The van der Waals surface area contributed by atoms with Gasteiger partial charge < -0.3 is 14.8 Å². The van der Waals surface area contributed by atoms with Crippen LogP contribution in [0.15, 0.2) is 24.3 Å². The smallest absolute Gasteiger partial charge is 0.257 e. The fourth-order valence-electron chi connectivity index (χ4n) is 2.94. The lowest BCUT2D eigenvalue weighted by atomic mass is 10.0. The first kappa shape index (κ1) is 18.7. The number of rotatable bonds is 8. The van der Waals surface area contributed by atoms with E-state index in [-0.39, 0.29) is 12.5 Å². The first-order valence-electron chi connectivity index (χ1n) is 8.90. The Balaban J connectivity index is 1.75. The van der Waals surface area contributed by atoms with Gasteiger partial charge in [-0.15, -0.1) is 0 Å². The molecule has 1 aliphatic heterocycles. The normalized spacial score (nSPS) is 16.8. The average Bonchev–Trinajstić information content (AvgIpc) is 2.61. The van der Waals surface area contributed by atoms with Crippen LogP contribution in [0.4, 0.5) is 0 Å². The molecule has 2 rings (SSSR count). The number of aryl methyl sites for hydroxylation is 1. The average molecular weight is 334 g/mol. The van der Waals surface area contributed by atoms with Gasteiger partial charge in [0.1, 0.15) is 5.75 Å². The Morgan fingerprint density at radius 1 is 1.25 bits per heavy atom. The molecule has 0 radical (unpaired) electrons. The molecule has 1 atom stereocenters. The van der Waals surface area contributed by atoms with Crippen LogP contribution in [0.1, 0.15) is 26.3 Å². The van der Waals surface area contributed by atoms with Crippen molar-refractivity contribution in [2.45, 2.75) is 33.2 Å². The lowest BCUT2D eigenvalue weighted by Crippen LogP contribution is -2.51. The SMILES string of the molecule is CCc1ccc(OCC(=O)NCC(C(C)C)N2CCOCC2)cc1. The summed E-state index contributed by atoms with van der Waals surface area (Å²) in [7, 11) is 0. The van der Waals surface area contributed by atoms with Gasteiger partial charge in [-0.2, -0.15) is 0 Å². The van der Waals surface area contributed by atoms with Crippen molar-refractivity contribution in [2.24, 2.45) is 5.92 Å². The minimum absolute atomic E-state index is 0.0550. The van der Waals surface area contributed by atoms with Crippen LogP contribution < -0.4 is 10.1 Å². The van der Waals surface area contributed by atoms with Gasteiger partial charge in [0.25, 0.3) is 5.91 Å².